The van der Waals surface area contributed by atoms with Crippen LogP contribution in [0, 0.1) is 6.92 Å². The molecule has 1 aliphatic rings. The zero-order valence-corrected chi connectivity index (χ0v) is 20.8. The number of nitrogens with zero attached hydrogens (tertiary/aromatic N) is 1. The molecule has 0 aromatic heterocycles. The zero-order valence-electron chi connectivity index (χ0n) is 19.2. The van der Waals surface area contributed by atoms with E-state index in [-0.39, 0.29) is 24.5 Å². The molecule has 2 aromatic rings. The van der Waals surface area contributed by atoms with E-state index in [0.29, 0.717) is 12.3 Å². The molecule has 1 fully saturated rings. The lowest BCUT2D eigenvalue weighted by molar-refractivity contribution is -0.142. The number of halogens is 1. The van der Waals surface area contributed by atoms with Gasteiger partial charge >= 0.3 is 0 Å². The molecule has 2 amide bonds. The van der Waals surface area contributed by atoms with Crippen molar-refractivity contribution in [2.75, 3.05) is 6.61 Å². The Hall–Kier alpha value is -2.34. The van der Waals surface area contributed by atoms with Gasteiger partial charge in [-0.25, -0.2) is 0 Å². The second-order valence-corrected chi connectivity index (χ2v) is 9.44. The number of hydrogen-bond acceptors (Lipinski definition) is 3. The summed E-state index contributed by atoms with van der Waals surface area (Å²) in [6.45, 7) is 6.14. The third kappa shape index (κ3) is 6.58. The summed E-state index contributed by atoms with van der Waals surface area (Å²) in [5.41, 5.74) is 3.30. The number of rotatable bonds is 9. The van der Waals surface area contributed by atoms with Gasteiger partial charge in [0, 0.05) is 12.6 Å². The molecule has 0 saturated heterocycles. The van der Waals surface area contributed by atoms with Gasteiger partial charge in [0.25, 0.3) is 5.91 Å². The Bertz CT molecular complexity index is 940. The summed E-state index contributed by atoms with van der Waals surface area (Å²) < 4.78 is 6.66. The summed E-state index contributed by atoms with van der Waals surface area (Å²) in [4.78, 5) is 27.8. The second kappa shape index (κ2) is 11.5. The number of carbonyl (C=O) groups is 2. The summed E-state index contributed by atoms with van der Waals surface area (Å²) in [7, 11) is 0. The quantitative estimate of drug-likeness (QED) is 0.516. The van der Waals surface area contributed by atoms with E-state index in [0.717, 1.165) is 47.7 Å². The molecule has 0 unspecified atom stereocenters. The summed E-state index contributed by atoms with van der Waals surface area (Å²) in [6, 6.07) is 13.5. The Morgan fingerprint density at radius 2 is 1.91 bits per heavy atom. The molecule has 6 heteroatoms. The first-order valence-corrected chi connectivity index (χ1v) is 12.2. The smallest absolute Gasteiger partial charge is 0.261 e. The van der Waals surface area contributed by atoms with Crippen molar-refractivity contribution in [1.82, 2.24) is 10.2 Å². The van der Waals surface area contributed by atoms with Crippen LogP contribution < -0.4 is 10.1 Å². The van der Waals surface area contributed by atoms with Crippen LogP contribution in [0.15, 0.2) is 46.9 Å². The highest BCUT2D eigenvalue weighted by molar-refractivity contribution is 9.10. The monoisotopic (exact) mass is 500 g/mol. The van der Waals surface area contributed by atoms with Crippen LogP contribution in [0.3, 0.4) is 0 Å². The summed E-state index contributed by atoms with van der Waals surface area (Å²) in [6.07, 6.45) is 5.23. The van der Waals surface area contributed by atoms with E-state index in [9.17, 15) is 9.59 Å². The van der Waals surface area contributed by atoms with Crippen LogP contribution in [0.5, 0.6) is 5.75 Å². The predicted molar refractivity (Wildman–Crippen MR) is 131 cm³/mol. The molecule has 1 aliphatic carbocycles. The van der Waals surface area contributed by atoms with E-state index in [2.05, 4.69) is 28.2 Å². The standard InChI is InChI=1S/C26H33BrN2O3/c1-4-20-12-13-24(23(27)15-20)32-17-25(30)29(16-21-9-7-8-18(2)14-21)19(3)26(31)28-22-10-5-6-11-22/h7-9,12-15,19,22H,4-6,10-11,16-17H2,1-3H3,(H,28,31)/t19-/m0/s1. The van der Waals surface area contributed by atoms with E-state index in [4.69, 9.17) is 4.74 Å². The highest BCUT2D eigenvalue weighted by atomic mass is 79.9. The SMILES string of the molecule is CCc1ccc(OCC(=O)N(Cc2cccc(C)c2)[C@@H](C)C(=O)NC2CCCC2)c(Br)c1. The van der Waals surface area contributed by atoms with E-state index in [1.54, 1.807) is 11.8 Å². The molecular formula is C26H33BrN2O3. The fourth-order valence-corrected chi connectivity index (χ4v) is 4.63. The first kappa shape index (κ1) is 24.3. The van der Waals surface area contributed by atoms with E-state index < -0.39 is 6.04 Å². The van der Waals surface area contributed by atoms with Crippen molar-refractivity contribution >= 4 is 27.7 Å². The molecule has 1 saturated carbocycles. The number of hydrogen-bond donors (Lipinski definition) is 1. The van der Waals surface area contributed by atoms with E-state index >= 15 is 0 Å². The molecule has 2 aromatic carbocycles. The maximum Gasteiger partial charge on any atom is 0.261 e. The second-order valence-electron chi connectivity index (χ2n) is 8.58. The molecule has 0 bridgehead atoms. The van der Waals surface area contributed by atoms with Crippen LogP contribution in [-0.2, 0) is 22.6 Å². The van der Waals surface area contributed by atoms with Crippen LogP contribution in [0.4, 0.5) is 0 Å². The number of nitrogens with one attached hydrogen (secondary N) is 1. The summed E-state index contributed by atoms with van der Waals surface area (Å²) in [5.74, 6) is 0.299. The molecule has 172 valence electrons. The highest BCUT2D eigenvalue weighted by Gasteiger charge is 2.28. The van der Waals surface area contributed by atoms with Crippen molar-refractivity contribution in [3.63, 3.8) is 0 Å². The number of carbonyl (C=O) groups excluding carboxylic acids is 2. The molecular weight excluding hydrogens is 468 g/mol. The van der Waals surface area contributed by atoms with Gasteiger partial charge in [0.1, 0.15) is 11.8 Å². The molecule has 32 heavy (non-hydrogen) atoms. The van der Waals surface area contributed by atoms with E-state index in [1.807, 2.05) is 49.4 Å². The number of amides is 2. The minimum absolute atomic E-state index is 0.105. The van der Waals surface area contributed by atoms with Crippen molar-refractivity contribution in [3.05, 3.63) is 63.6 Å². The Morgan fingerprint density at radius 3 is 2.56 bits per heavy atom. The first-order valence-electron chi connectivity index (χ1n) is 11.4. The summed E-state index contributed by atoms with van der Waals surface area (Å²) in [5, 5.41) is 3.13. The number of ether oxygens (including phenoxy) is 1. The van der Waals surface area contributed by atoms with Gasteiger partial charge in [-0.3, -0.25) is 9.59 Å². The average molecular weight is 501 g/mol. The average Bonchev–Trinajstić information content (AvgIpc) is 3.29. The molecule has 1 atom stereocenters. The lowest BCUT2D eigenvalue weighted by Crippen LogP contribution is -2.50. The van der Waals surface area contributed by atoms with Crippen molar-refractivity contribution in [1.29, 1.82) is 0 Å². The van der Waals surface area contributed by atoms with Gasteiger partial charge in [-0.2, -0.15) is 0 Å². The fraction of sp³-hybridized carbons (Fsp3) is 0.462. The van der Waals surface area contributed by atoms with Gasteiger partial charge in [-0.1, -0.05) is 55.7 Å². The largest absolute Gasteiger partial charge is 0.483 e. The van der Waals surface area contributed by atoms with Gasteiger partial charge in [0.15, 0.2) is 6.61 Å². The molecule has 0 aliphatic heterocycles. The Morgan fingerprint density at radius 1 is 1.16 bits per heavy atom. The Kier molecular flexibility index (Phi) is 8.74. The van der Waals surface area contributed by atoms with Gasteiger partial charge in [0.05, 0.1) is 4.47 Å². The zero-order chi connectivity index (χ0) is 23.1. The van der Waals surface area contributed by atoms with Gasteiger partial charge in [0.2, 0.25) is 5.91 Å². The highest BCUT2D eigenvalue weighted by Crippen LogP contribution is 2.26. The number of benzene rings is 2. The van der Waals surface area contributed by atoms with Gasteiger partial charge in [-0.15, -0.1) is 0 Å². The third-order valence-electron chi connectivity index (χ3n) is 6.06. The van der Waals surface area contributed by atoms with Crippen molar-refractivity contribution < 1.29 is 14.3 Å². The normalized spacial score (nSPS) is 14.8. The van der Waals surface area contributed by atoms with Crippen LogP contribution in [0.1, 0.15) is 56.2 Å². The van der Waals surface area contributed by atoms with Crippen LogP contribution in [0.25, 0.3) is 0 Å². The molecule has 0 radical (unpaired) electrons. The van der Waals surface area contributed by atoms with Crippen LogP contribution >= 0.6 is 15.9 Å². The first-order chi connectivity index (χ1) is 15.4. The maximum absolute atomic E-state index is 13.2. The Labute approximate surface area is 199 Å². The molecule has 0 heterocycles. The minimum atomic E-state index is -0.585. The van der Waals surface area contributed by atoms with E-state index in [1.165, 1.54) is 5.56 Å². The lowest BCUT2D eigenvalue weighted by atomic mass is 10.1. The lowest BCUT2D eigenvalue weighted by Gasteiger charge is -2.30. The van der Waals surface area contributed by atoms with Crippen molar-refractivity contribution in [3.8, 4) is 5.75 Å². The Balaban J connectivity index is 1.72. The predicted octanol–water partition coefficient (Wildman–Crippen LogP) is 5.17. The molecule has 1 N–H and O–H groups in total. The van der Waals surface area contributed by atoms with Crippen molar-refractivity contribution in [2.45, 2.75) is 71.5 Å². The van der Waals surface area contributed by atoms with Gasteiger partial charge < -0.3 is 15.0 Å². The van der Waals surface area contributed by atoms with Gasteiger partial charge in [-0.05, 0) is 72.3 Å². The molecule has 0 spiro atoms. The van der Waals surface area contributed by atoms with Crippen LogP contribution in [0.2, 0.25) is 0 Å². The molecule has 3 rings (SSSR count). The summed E-state index contributed by atoms with van der Waals surface area (Å²) >= 11 is 3.52. The fourth-order valence-electron chi connectivity index (χ4n) is 4.09. The van der Waals surface area contributed by atoms with Crippen LogP contribution in [-0.4, -0.2) is 35.4 Å². The van der Waals surface area contributed by atoms with Crippen molar-refractivity contribution in [2.24, 2.45) is 0 Å². The molecule has 5 nitrogen and oxygen atoms in total. The number of aryl methyl sites for hydroxylation is 2. The third-order valence-corrected chi connectivity index (χ3v) is 6.68. The maximum atomic E-state index is 13.2. The topological polar surface area (TPSA) is 58.6 Å². The minimum Gasteiger partial charge on any atom is -0.483 e.